The Labute approximate surface area is 94.0 Å². The molecule has 0 aromatic heterocycles. The highest BCUT2D eigenvalue weighted by Crippen LogP contribution is 2.05. The van der Waals surface area contributed by atoms with E-state index in [0.29, 0.717) is 18.4 Å². The maximum Gasteiger partial charge on any atom is 0.221 e. The van der Waals surface area contributed by atoms with Crippen molar-refractivity contribution in [3.63, 3.8) is 0 Å². The van der Waals surface area contributed by atoms with Gasteiger partial charge in [-0.25, -0.2) is 0 Å². The van der Waals surface area contributed by atoms with Crippen LogP contribution in [0.5, 0.6) is 0 Å². The first-order chi connectivity index (χ1) is 7.01. The molecule has 3 heteroatoms. The lowest BCUT2D eigenvalue weighted by atomic mass is 10.0. The van der Waals surface area contributed by atoms with Crippen molar-refractivity contribution in [3.05, 3.63) is 0 Å². The standard InChI is InChI=1S/C12H26N2O/c1-6-11(9(3)4)14-12(15)8-10(5)13-7-2/h9-11,13H,6-8H2,1-5H3,(H,14,15). The van der Waals surface area contributed by atoms with Crippen LogP contribution in [0.4, 0.5) is 0 Å². The van der Waals surface area contributed by atoms with E-state index in [9.17, 15) is 4.79 Å². The lowest BCUT2D eigenvalue weighted by molar-refractivity contribution is -0.122. The van der Waals surface area contributed by atoms with Gasteiger partial charge in [0.05, 0.1) is 0 Å². The molecule has 0 aromatic carbocycles. The minimum atomic E-state index is 0.156. The Morgan fingerprint density at radius 3 is 2.20 bits per heavy atom. The first kappa shape index (κ1) is 14.4. The van der Waals surface area contributed by atoms with Crippen LogP contribution in [0.1, 0.15) is 47.5 Å². The molecular formula is C12H26N2O. The van der Waals surface area contributed by atoms with Crippen LogP contribution in [0.15, 0.2) is 0 Å². The SMILES string of the molecule is CCNC(C)CC(=O)NC(CC)C(C)C. The molecule has 2 unspecified atom stereocenters. The topological polar surface area (TPSA) is 41.1 Å². The third kappa shape index (κ3) is 6.50. The van der Waals surface area contributed by atoms with E-state index in [-0.39, 0.29) is 11.9 Å². The van der Waals surface area contributed by atoms with Gasteiger partial charge >= 0.3 is 0 Å². The number of rotatable bonds is 7. The molecule has 0 aromatic rings. The molecule has 0 saturated heterocycles. The highest BCUT2D eigenvalue weighted by molar-refractivity contribution is 5.76. The van der Waals surface area contributed by atoms with Crippen LogP contribution in [0.2, 0.25) is 0 Å². The van der Waals surface area contributed by atoms with Crippen molar-refractivity contribution in [1.82, 2.24) is 10.6 Å². The molecule has 0 bridgehead atoms. The summed E-state index contributed by atoms with van der Waals surface area (Å²) in [5.74, 6) is 0.664. The van der Waals surface area contributed by atoms with Crippen LogP contribution < -0.4 is 10.6 Å². The van der Waals surface area contributed by atoms with E-state index in [1.807, 2.05) is 6.92 Å². The summed E-state index contributed by atoms with van der Waals surface area (Å²) in [4.78, 5) is 11.7. The number of nitrogens with one attached hydrogen (secondary N) is 2. The first-order valence-corrected chi connectivity index (χ1v) is 6.03. The Balaban J connectivity index is 3.90. The smallest absolute Gasteiger partial charge is 0.221 e. The summed E-state index contributed by atoms with van der Waals surface area (Å²) < 4.78 is 0. The van der Waals surface area contributed by atoms with Gasteiger partial charge in [-0.3, -0.25) is 4.79 Å². The maximum absolute atomic E-state index is 11.7. The molecule has 0 spiro atoms. The number of carbonyl (C=O) groups is 1. The fraction of sp³-hybridized carbons (Fsp3) is 0.917. The second kappa shape index (κ2) is 7.69. The van der Waals surface area contributed by atoms with Crippen LogP contribution >= 0.6 is 0 Å². The van der Waals surface area contributed by atoms with Gasteiger partial charge in [-0.1, -0.05) is 27.7 Å². The van der Waals surface area contributed by atoms with E-state index >= 15 is 0 Å². The molecule has 0 radical (unpaired) electrons. The van der Waals surface area contributed by atoms with Gasteiger partial charge in [-0.2, -0.15) is 0 Å². The second-order valence-corrected chi connectivity index (χ2v) is 4.49. The zero-order valence-electron chi connectivity index (χ0n) is 10.8. The molecule has 1 amide bonds. The van der Waals surface area contributed by atoms with Gasteiger partial charge in [0, 0.05) is 18.5 Å². The summed E-state index contributed by atoms with van der Waals surface area (Å²) >= 11 is 0. The predicted octanol–water partition coefficient (Wildman–Crippen LogP) is 1.93. The number of hydrogen-bond acceptors (Lipinski definition) is 2. The summed E-state index contributed by atoms with van der Waals surface area (Å²) in [5, 5.41) is 6.31. The van der Waals surface area contributed by atoms with Crippen molar-refractivity contribution in [2.45, 2.75) is 59.5 Å². The fourth-order valence-corrected chi connectivity index (χ4v) is 1.70. The molecule has 90 valence electrons. The molecule has 0 aliphatic carbocycles. The van der Waals surface area contributed by atoms with E-state index in [1.54, 1.807) is 0 Å². The molecular weight excluding hydrogens is 188 g/mol. The van der Waals surface area contributed by atoms with Gasteiger partial charge in [0.25, 0.3) is 0 Å². The van der Waals surface area contributed by atoms with E-state index < -0.39 is 0 Å². The Hall–Kier alpha value is -0.570. The zero-order chi connectivity index (χ0) is 11.8. The van der Waals surface area contributed by atoms with Crippen LogP contribution in [0.3, 0.4) is 0 Å². The summed E-state index contributed by atoms with van der Waals surface area (Å²) in [6, 6.07) is 0.575. The van der Waals surface area contributed by atoms with Gasteiger partial charge in [-0.15, -0.1) is 0 Å². The zero-order valence-corrected chi connectivity index (χ0v) is 10.8. The van der Waals surface area contributed by atoms with Crippen molar-refractivity contribution in [1.29, 1.82) is 0 Å². The second-order valence-electron chi connectivity index (χ2n) is 4.49. The Morgan fingerprint density at radius 2 is 1.80 bits per heavy atom. The monoisotopic (exact) mass is 214 g/mol. The van der Waals surface area contributed by atoms with Gasteiger partial charge in [0.15, 0.2) is 0 Å². The van der Waals surface area contributed by atoms with E-state index in [1.165, 1.54) is 0 Å². The van der Waals surface area contributed by atoms with Crippen LogP contribution in [-0.2, 0) is 4.79 Å². The molecule has 15 heavy (non-hydrogen) atoms. The Bertz CT molecular complexity index is 180. The molecule has 3 nitrogen and oxygen atoms in total. The predicted molar refractivity (Wildman–Crippen MR) is 64.8 cm³/mol. The summed E-state index contributed by atoms with van der Waals surface area (Å²) in [6.07, 6.45) is 1.57. The minimum absolute atomic E-state index is 0.156. The van der Waals surface area contributed by atoms with E-state index in [4.69, 9.17) is 0 Å². The van der Waals surface area contributed by atoms with E-state index in [0.717, 1.165) is 13.0 Å². The van der Waals surface area contributed by atoms with Crippen molar-refractivity contribution < 1.29 is 4.79 Å². The van der Waals surface area contributed by atoms with Crippen LogP contribution in [0, 0.1) is 5.92 Å². The van der Waals surface area contributed by atoms with Gasteiger partial charge in [0.2, 0.25) is 5.91 Å². The molecule has 0 rings (SSSR count). The number of amides is 1. The maximum atomic E-state index is 11.7. The molecule has 0 heterocycles. The quantitative estimate of drug-likeness (QED) is 0.680. The highest BCUT2D eigenvalue weighted by atomic mass is 16.1. The van der Waals surface area contributed by atoms with Crippen molar-refractivity contribution in [3.8, 4) is 0 Å². The summed E-state index contributed by atoms with van der Waals surface area (Å²) in [5.41, 5.74) is 0. The Morgan fingerprint density at radius 1 is 1.20 bits per heavy atom. The van der Waals surface area contributed by atoms with Crippen molar-refractivity contribution in [2.24, 2.45) is 5.92 Å². The highest BCUT2D eigenvalue weighted by Gasteiger charge is 2.15. The third-order valence-corrected chi connectivity index (χ3v) is 2.64. The third-order valence-electron chi connectivity index (χ3n) is 2.64. The first-order valence-electron chi connectivity index (χ1n) is 6.03. The van der Waals surface area contributed by atoms with Crippen LogP contribution in [0.25, 0.3) is 0 Å². The minimum Gasteiger partial charge on any atom is -0.353 e. The molecule has 2 atom stereocenters. The molecule has 0 aliphatic heterocycles. The lowest BCUT2D eigenvalue weighted by Gasteiger charge is -2.22. The van der Waals surface area contributed by atoms with Gasteiger partial charge in [0.1, 0.15) is 0 Å². The summed E-state index contributed by atoms with van der Waals surface area (Å²) in [7, 11) is 0. The molecule has 0 saturated carbocycles. The van der Waals surface area contributed by atoms with Crippen LogP contribution in [-0.4, -0.2) is 24.5 Å². The van der Waals surface area contributed by atoms with Gasteiger partial charge in [-0.05, 0) is 25.8 Å². The average molecular weight is 214 g/mol. The summed E-state index contributed by atoms with van der Waals surface area (Å²) in [6.45, 7) is 11.4. The lowest BCUT2D eigenvalue weighted by Crippen LogP contribution is -2.41. The molecule has 0 aliphatic rings. The molecule has 0 fully saturated rings. The average Bonchev–Trinajstić information content (AvgIpc) is 2.13. The normalized spacial score (nSPS) is 15.1. The number of carbonyl (C=O) groups excluding carboxylic acids is 1. The van der Waals surface area contributed by atoms with E-state index in [2.05, 4.69) is 38.3 Å². The fourth-order valence-electron chi connectivity index (χ4n) is 1.70. The van der Waals surface area contributed by atoms with Gasteiger partial charge < -0.3 is 10.6 Å². The van der Waals surface area contributed by atoms with Crippen molar-refractivity contribution in [2.75, 3.05) is 6.54 Å². The molecule has 2 N–H and O–H groups in total. The Kier molecular flexibility index (Phi) is 7.39. The number of hydrogen-bond donors (Lipinski definition) is 2. The van der Waals surface area contributed by atoms with Crippen molar-refractivity contribution >= 4 is 5.91 Å². The largest absolute Gasteiger partial charge is 0.353 e.